The fourth-order valence-corrected chi connectivity index (χ4v) is 3.21. The van der Waals surface area contributed by atoms with Crippen LogP contribution in [0.4, 0.5) is 0 Å². The van der Waals surface area contributed by atoms with Gasteiger partial charge in [-0.2, -0.15) is 5.10 Å². The van der Waals surface area contributed by atoms with E-state index in [1.165, 1.54) is 25.7 Å². The van der Waals surface area contributed by atoms with Crippen LogP contribution in [0.15, 0.2) is 12.3 Å². The van der Waals surface area contributed by atoms with Crippen molar-refractivity contribution in [3.8, 4) is 0 Å². The maximum absolute atomic E-state index is 12.2. The summed E-state index contributed by atoms with van der Waals surface area (Å²) in [6, 6.07) is 2.55. The molecule has 0 radical (unpaired) electrons. The Balaban J connectivity index is 1.59. The minimum Gasteiger partial charge on any atom is -0.378 e. The van der Waals surface area contributed by atoms with Gasteiger partial charge in [-0.15, -0.1) is 0 Å². The molecule has 0 N–H and O–H groups in total. The second-order valence-electron chi connectivity index (χ2n) is 5.95. The summed E-state index contributed by atoms with van der Waals surface area (Å²) in [6.45, 7) is 2.62. The van der Waals surface area contributed by atoms with Crippen LogP contribution in [0.25, 0.3) is 0 Å². The Bertz CT molecular complexity index is 449. The highest BCUT2D eigenvalue weighted by molar-refractivity contribution is 5.83. The van der Waals surface area contributed by atoms with E-state index in [1.54, 1.807) is 0 Å². The molecule has 2 aliphatic rings. The van der Waals surface area contributed by atoms with Gasteiger partial charge in [-0.05, 0) is 32.3 Å². The summed E-state index contributed by atoms with van der Waals surface area (Å²) >= 11 is 0. The summed E-state index contributed by atoms with van der Waals surface area (Å²) in [6.07, 6.45) is 8.64. The molecule has 0 bridgehead atoms. The first-order chi connectivity index (χ1) is 9.22. The molecular weight excluding hydrogens is 240 g/mol. The Morgan fingerprint density at radius 3 is 2.95 bits per heavy atom. The summed E-state index contributed by atoms with van der Waals surface area (Å²) in [5.41, 5.74) is 0.913. The first kappa shape index (κ1) is 12.9. The molecular formula is C15H22N2O2. The molecule has 3 rings (SSSR count). The predicted molar refractivity (Wildman–Crippen MR) is 72.0 cm³/mol. The second-order valence-corrected chi connectivity index (χ2v) is 5.95. The average molecular weight is 262 g/mol. The molecule has 1 aromatic rings. The smallest absolute Gasteiger partial charge is 0.144 e. The minimum absolute atomic E-state index is 0.0756. The number of ether oxygens (including phenoxy) is 1. The number of aromatic nitrogens is 2. The lowest BCUT2D eigenvalue weighted by Crippen LogP contribution is -2.17. The number of hydrogen-bond acceptors (Lipinski definition) is 3. The zero-order chi connectivity index (χ0) is 13.2. The summed E-state index contributed by atoms with van der Waals surface area (Å²) in [4.78, 5) is 12.2. The Kier molecular flexibility index (Phi) is 3.69. The van der Waals surface area contributed by atoms with Gasteiger partial charge < -0.3 is 4.74 Å². The zero-order valence-electron chi connectivity index (χ0n) is 11.5. The number of hydrogen-bond donors (Lipinski definition) is 0. The number of nitrogens with zero attached hydrogens (tertiary/aromatic N) is 2. The van der Waals surface area contributed by atoms with Crippen LogP contribution in [0.5, 0.6) is 0 Å². The molecule has 19 heavy (non-hydrogen) atoms. The fraction of sp³-hybridized carbons (Fsp3) is 0.733. The quantitative estimate of drug-likeness (QED) is 0.837. The summed E-state index contributed by atoms with van der Waals surface area (Å²) in [5, 5.41) is 4.58. The molecule has 0 aromatic carbocycles. The molecule has 1 aliphatic heterocycles. The van der Waals surface area contributed by atoms with Gasteiger partial charge in [-0.1, -0.05) is 12.8 Å². The van der Waals surface area contributed by atoms with E-state index in [0.29, 0.717) is 19.1 Å². The monoisotopic (exact) mass is 262 g/mol. The number of rotatable bonds is 4. The molecule has 104 valence electrons. The molecule has 2 unspecified atom stereocenters. The molecule has 0 amide bonds. The predicted octanol–water partition coefficient (Wildman–Crippen LogP) is 2.53. The Labute approximate surface area is 114 Å². The lowest BCUT2D eigenvalue weighted by Gasteiger charge is -2.09. The van der Waals surface area contributed by atoms with Crippen LogP contribution in [-0.2, 0) is 16.0 Å². The van der Waals surface area contributed by atoms with Crippen molar-refractivity contribution >= 4 is 5.78 Å². The lowest BCUT2D eigenvalue weighted by atomic mass is 9.98. The van der Waals surface area contributed by atoms with Gasteiger partial charge in [-0.25, -0.2) is 0 Å². The third-order valence-electron chi connectivity index (χ3n) is 4.37. The number of carbonyl (C=O) groups is 1. The normalized spacial score (nSPS) is 28.1. The molecule has 1 saturated carbocycles. The number of ketones is 1. The van der Waals surface area contributed by atoms with Gasteiger partial charge >= 0.3 is 0 Å². The van der Waals surface area contributed by atoms with Gasteiger partial charge in [0.15, 0.2) is 0 Å². The minimum atomic E-state index is 0.0756. The zero-order valence-corrected chi connectivity index (χ0v) is 11.5. The first-order valence-electron chi connectivity index (χ1n) is 7.40. The Morgan fingerprint density at radius 1 is 1.47 bits per heavy atom. The van der Waals surface area contributed by atoms with Crippen LogP contribution in [0.1, 0.15) is 50.8 Å². The van der Waals surface area contributed by atoms with Crippen molar-refractivity contribution in [1.29, 1.82) is 0 Å². The Morgan fingerprint density at radius 2 is 2.26 bits per heavy atom. The van der Waals surface area contributed by atoms with Gasteiger partial charge in [0.1, 0.15) is 5.78 Å². The molecule has 2 fully saturated rings. The molecule has 1 aliphatic carbocycles. The Hall–Kier alpha value is -1.16. The lowest BCUT2D eigenvalue weighted by molar-refractivity contribution is -0.122. The van der Waals surface area contributed by atoms with Crippen LogP contribution in [-0.4, -0.2) is 28.3 Å². The van der Waals surface area contributed by atoms with Gasteiger partial charge in [-0.3, -0.25) is 9.48 Å². The maximum Gasteiger partial charge on any atom is 0.144 e. The van der Waals surface area contributed by atoms with Crippen molar-refractivity contribution in [2.75, 3.05) is 6.61 Å². The third-order valence-corrected chi connectivity index (χ3v) is 4.37. The van der Waals surface area contributed by atoms with E-state index in [2.05, 4.69) is 9.78 Å². The van der Waals surface area contributed by atoms with Crippen molar-refractivity contribution in [3.63, 3.8) is 0 Å². The van der Waals surface area contributed by atoms with Crippen LogP contribution < -0.4 is 0 Å². The molecule has 2 atom stereocenters. The summed E-state index contributed by atoms with van der Waals surface area (Å²) in [5.74, 6) is 0.354. The molecule has 2 heterocycles. The molecule has 1 saturated heterocycles. The van der Waals surface area contributed by atoms with Gasteiger partial charge in [0, 0.05) is 12.1 Å². The van der Waals surface area contributed by atoms with Crippen molar-refractivity contribution < 1.29 is 9.53 Å². The fourth-order valence-electron chi connectivity index (χ4n) is 3.21. The second kappa shape index (κ2) is 5.45. The molecule has 1 aromatic heterocycles. The molecule has 4 nitrogen and oxygen atoms in total. The van der Waals surface area contributed by atoms with Crippen molar-refractivity contribution in [2.24, 2.45) is 5.92 Å². The standard InChI is InChI=1S/C15H22N2O2/c1-11-8-12(10-19-11)15(18)9-13-6-7-17(16-13)14-4-2-3-5-14/h6-7,11-12,14H,2-5,8-10H2,1H3. The largest absolute Gasteiger partial charge is 0.378 e. The average Bonchev–Trinajstić information content (AvgIpc) is 3.07. The van der Waals surface area contributed by atoms with E-state index in [9.17, 15) is 4.79 Å². The van der Waals surface area contributed by atoms with E-state index >= 15 is 0 Å². The maximum atomic E-state index is 12.2. The van der Waals surface area contributed by atoms with Gasteiger partial charge in [0.05, 0.1) is 30.9 Å². The van der Waals surface area contributed by atoms with E-state index in [1.807, 2.05) is 19.2 Å². The van der Waals surface area contributed by atoms with Crippen LogP contribution in [0, 0.1) is 5.92 Å². The van der Waals surface area contributed by atoms with Gasteiger partial charge in [0.2, 0.25) is 0 Å². The summed E-state index contributed by atoms with van der Waals surface area (Å²) < 4.78 is 7.52. The topological polar surface area (TPSA) is 44.1 Å². The van der Waals surface area contributed by atoms with E-state index in [0.717, 1.165) is 12.1 Å². The van der Waals surface area contributed by atoms with Crippen molar-refractivity contribution in [1.82, 2.24) is 9.78 Å². The highest BCUT2D eigenvalue weighted by Crippen LogP contribution is 2.29. The van der Waals surface area contributed by atoms with Gasteiger partial charge in [0.25, 0.3) is 0 Å². The van der Waals surface area contributed by atoms with Crippen molar-refractivity contribution in [2.45, 2.75) is 57.6 Å². The van der Waals surface area contributed by atoms with Crippen LogP contribution in [0.2, 0.25) is 0 Å². The van der Waals surface area contributed by atoms with E-state index in [4.69, 9.17) is 4.74 Å². The third kappa shape index (κ3) is 2.89. The highest BCUT2D eigenvalue weighted by atomic mass is 16.5. The van der Waals surface area contributed by atoms with Crippen LogP contribution >= 0.6 is 0 Å². The van der Waals surface area contributed by atoms with E-state index < -0.39 is 0 Å². The molecule has 0 spiro atoms. The highest BCUT2D eigenvalue weighted by Gasteiger charge is 2.28. The van der Waals surface area contributed by atoms with E-state index in [-0.39, 0.29) is 17.8 Å². The summed E-state index contributed by atoms with van der Waals surface area (Å²) in [7, 11) is 0. The van der Waals surface area contributed by atoms with Crippen LogP contribution in [0.3, 0.4) is 0 Å². The SMILES string of the molecule is CC1CC(C(=O)Cc2ccn(C3CCCC3)n2)CO1. The molecule has 4 heteroatoms. The number of Topliss-reactive ketones (excluding diaryl/α,β-unsaturated/α-hetero) is 1. The first-order valence-corrected chi connectivity index (χ1v) is 7.40. The van der Waals surface area contributed by atoms with Crippen molar-refractivity contribution in [3.05, 3.63) is 18.0 Å². The number of carbonyl (C=O) groups excluding carboxylic acids is 1.